The molecular weight excluding hydrogens is 222 g/mol. The lowest BCUT2D eigenvalue weighted by molar-refractivity contribution is 0.412. The van der Waals surface area contributed by atoms with E-state index in [1.54, 1.807) is 11.3 Å². The second-order valence-corrected chi connectivity index (χ2v) is 5.52. The number of rotatable bonds is 3. The van der Waals surface area contributed by atoms with Crippen LogP contribution in [0.2, 0.25) is 0 Å². The summed E-state index contributed by atoms with van der Waals surface area (Å²) in [7, 11) is 0. The SMILES string of the molecule is Cc1ccc(-c2nc(C(N)C3CC3)no2)s1. The molecule has 2 heterocycles. The van der Waals surface area contributed by atoms with Gasteiger partial charge in [-0.15, -0.1) is 11.3 Å². The van der Waals surface area contributed by atoms with Crippen molar-refractivity contribution >= 4 is 11.3 Å². The number of hydrogen-bond donors (Lipinski definition) is 1. The maximum absolute atomic E-state index is 6.02. The van der Waals surface area contributed by atoms with Gasteiger partial charge in [-0.05, 0) is 37.8 Å². The number of hydrogen-bond acceptors (Lipinski definition) is 5. The molecule has 1 fully saturated rings. The van der Waals surface area contributed by atoms with Crippen molar-refractivity contribution in [2.45, 2.75) is 25.8 Å². The van der Waals surface area contributed by atoms with Crippen molar-refractivity contribution in [3.8, 4) is 10.8 Å². The van der Waals surface area contributed by atoms with Gasteiger partial charge in [0.1, 0.15) is 0 Å². The molecular formula is C11H13N3OS. The van der Waals surface area contributed by atoms with E-state index >= 15 is 0 Å². The number of aromatic nitrogens is 2. The number of thiophene rings is 1. The molecule has 4 nitrogen and oxygen atoms in total. The minimum atomic E-state index is -0.0569. The van der Waals surface area contributed by atoms with Gasteiger partial charge in [0, 0.05) is 4.88 Å². The van der Waals surface area contributed by atoms with Gasteiger partial charge in [0.25, 0.3) is 5.89 Å². The molecule has 16 heavy (non-hydrogen) atoms. The van der Waals surface area contributed by atoms with Gasteiger partial charge in [0.05, 0.1) is 10.9 Å². The Morgan fingerprint density at radius 3 is 2.94 bits per heavy atom. The van der Waals surface area contributed by atoms with Gasteiger partial charge >= 0.3 is 0 Å². The lowest BCUT2D eigenvalue weighted by Gasteiger charge is -2.01. The summed E-state index contributed by atoms with van der Waals surface area (Å²) in [6, 6.07) is 3.99. The third-order valence-electron chi connectivity index (χ3n) is 2.82. The second-order valence-electron chi connectivity index (χ2n) is 4.23. The Hall–Kier alpha value is -1.20. The quantitative estimate of drug-likeness (QED) is 0.887. The van der Waals surface area contributed by atoms with Crippen LogP contribution in [0.15, 0.2) is 16.7 Å². The van der Waals surface area contributed by atoms with Crippen LogP contribution in [-0.2, 0) is 0 Å². The normalized spacial score (nSPS) is 17.6. The summed E-state index contributed by atoms with van der Waals surface area (Å²) in [5.41, 5.74) is 6.02. The first-order valence-corrected chi connectivity index (χ1v) is 6.21. The maximum atomic E-state index is 6.02. The van der Waals surface area contributed by atoms with Crippen molar-refractivity contribution < 1.29 is 4.52 Å². The van der Waals surface area contributed by atoms with E-state index in [1.807, 2.05) is 12.1 Å². The molecule has 0 spiro atoms. The molecule has 1 atom stereocenters. The Morgan fingerprint density at radius 1 is 1.50 bits per heavy atom. The van der Waals surface area contributed by atoms with Crippen LogP contribution in [0.5, 0.6) is 0 Å². The maximum Gasteiger partial charge on any atom is 0.268 e. The van der Waals surface area contributed by atoms with Crippen LogP contribution in [0.25, 0.3) is 10.8 Å². The predicted octanol–water partition coefficient (Wildman–Crippen LogP) is 2.52. The van der Waals surface area contributed by atoms with Crippen LogP contribution in [0.1, 0.15) is 29.6 Å². The summed E-state index contributed by atoms with van der Waals surface area (Å²) in [4.78, 5) is 6.61. The monoisotopic (exact) mass is 235 g/mol. The Bertz CT molecular complexity index is 501. The lowest BCUT2D eigenvalue weighted by Crippen LogP contribution is -2.13. The van der Waals surface area contributed by atoms with Crippen LogP contribution in [0.4, 0.5) is 0 Å². The highest BCUT2D eigenvalue weighted by molar-refractivity contribution is 7.15. The summed E-state index contributed by atoms with van der Waals surface area (Å²) < 4.78 is 5.23. The molecule has 2 N–H and O–H groups in total. The molecule has 1 unspecified atom stereocenters. The molecule has 5 heteroatoms. The molecule has 2 aromatic rings. The average Bonchev–Trinajstić information content (AvgIpc) is 2.84. The Morgan fingerprint density at radius 2 is 2.31 bits per heavy atom. The van der Waals surface area contributed by atoms with Crippen LogP contribution in [-0.4, -0.2) is 10.1 Å². The van der Waals surface area contributed by atoms with Crippen molar-refractivity contribution in [1.29, 1.82) is 0 Å². The molecule has 2 aromatic heterocycles. The highest BCUT2D eigenvalue weighted by atomic mass is 32.1. The van der Waals surface area contributed by atoms with Crippen molar-refractivity contribution in [2.75, 3.05) is 0 Å². The summed E-state index contributed by atoms with van der Waals surface area (Å²) in [6.07, 6.45) is 2.37. The highest BCUT2D eigenvalue weighted by Crippen LogP contribution is 2.39. The van der Waals surface area contributed by atoms with Crippen LogP contribution in [0.3, 0.4) is 0 Å². The first kappa shape index (κ1) is 9.99. The second kappa shape index (κ2) is 3.68. The van der Waals surface area contributed by atoms with Gasteiger partial charge in [-0.2, -0.15) is 4.98 Å². The largest absolute Gasteiger partial charge is 0.333 e. The van der Waals surface area contributed by atoms with Crippen molar-refractivity contribution in [2.24, 2.45) is 11.7 Å². The summed E-state index contributed by atoms with van der Waals surface area (Å²) in [6.45, 7) is 2.06. The Kier molecular flexibility index (Phi) is 2.29. The van der Waals surface area contributed by atoms with Gasteiger partial charge in [-0.3, -0.25) is 0 Å². The third kappa shape index (κ3) is 1.76. The fraction of sp³-hybridized carbons (Fsp3) is 0.455. The average molecular weight is 235 g/mol. The van der Waals surface area contributed by atoms with Crippen molar-refractivity contribution in [3.63, 3.8) is 0 Å². The zero-order chi connectivity index (χ0) is 11.1. The minimum Gasteiger partial charge on any atom is -0.333 e. The third-order valence-corrected chi connectivity index (χ3v) is 3.81. The molecule has 0 aliphatic heterocycles. The van der Waals surface area contributed by atoms with E-state index < -0.39 is 0 Å². The van der Waals surface area contributed by atoms with E-state index in [0.717, 1.165) is 4.88 Å². The Balaban J connectivity index is 1.86. The molecule has 0 aromatic carbocycles. The zero-order valence-electron chi connectivity index (χ0n) is 9.01. The van der Waals surface area contributed by atoms with E-state index in [4.69, 9.17) is 10.3 Å². The van der Waals surface area contributed by atoms with Crippen LogP contribution >= 0.6 is 11.3 Å². The molecule has 0 bridgehead atoms. The zero-order valence-corrected chi connectivity index (χ0v) is 9.83. The van der Waals surface area contributed by atoms with Crippen LogP contribution < -0.4 is 5.73 Å². The highest BCUT2D eigenvalue weighted by Gasteiger charge is 2.32. The molecule has 3 rings (SSSR count). The predicted molar refractivity (Wildman–Crippen MR) is 62.0 cm³/mol. The molecule has 0 amide bonds. The van der Waals surface area contributed by atoms with E-state index in [-0.39, 0.29) is 6.04 Å². The summed E-state index contributed by atoms with van der Waals surface area (Å²) >= 11 is 1.65. The first-order chi connectivity index (χ1) is 7.74. The molecule has 1 aliphatic carbocycles. The number of nitrogens with two attached hydrogens (primary N) is 1. The van der Waals surface area contributed by atoms with Crippen LogP contribution in [0, 0.1) is 12.8 Å². The van der Waals surface area contributed by atoms with Crippen molar-refractivity contribution in [3.05, 3.63) is 22.8 Å². The first-order valence-electron chi connectivity index (χ1n) is 5.40. The molecule has 0 saturated heterocycles. The lowest BCUT2D eigenvalue weighted by atomic mass is 10.2. The smallest absolute Gasteiger partial charge is 0.268 e. The minimum absolute atomic E-state index is 0.0569. The Labute approximate surface area is 97.5 Å². The van der Waals surface area contributed by atoms with E-state index in [0.29, 0.717) is 17.6 Å². The van der Waals surface area contributed by atoms with Crippen molar-refractivity contribution in [1.82, 2.24) is 10.1 Å². The van der Waals surface area contributed by atoms with Gasteiger partial charge in [-0.1, -0.05) is 5.16 Å². The van der Waals surface area contributed by atoms with Gasteiger partial charge in [-0.25, -0.2) is 0 Å². The van der Waals surface area contributed by atoms with E-state index in [1.165, 1.54) is 17.7 Å². The van der Waals surface area contributed by atoms with E-state index in [2.05, 4.69) is 17.1 Å². The van der Waals surface area contributed by atoms with E-state index in [9.17, 15) is 0 Å². The molecule has 1 aliphatic rings. The topological polar surface area (TPSA) is 64.9 Å². The summed E-state index contributed by atoms with van der Waals surface area (Å²) in [5.74, 6) is 1.78. The fourth-order valence-electron chi connectivity index (χ4n) is 1.69. The van der Waals surface area contributed by atoms with Gasteiger partial charge in [0.2, 0.25) is 0 Å². The fourth-order valence-corrected chi connectivity index (χ4v) is 2.48. The molecule has 0 radical (unpaired) electrons. The number of aryl methyl sites for hydroxylation is 1. The standard InChI is InChI=1S/C11H13N3OS/c1-6-2-5-8(16-6)11-13-10(14-15-11)9(12)7-3-4-7/h2,5,7,9H,3-4,12H2,1H3. The number of nitrogens with zero attached hydrogens (tertiary/aromatic N) is 2. The summed E-state index contributed by atoms with van der Waals surface area (Å²) in [5, 5.41) is 3.96. The van der Waals surface area contributed by atoms with Gasteiger partial charge in [0.15, 0.2) is 5.82 Å². The molecule has 84 valence electrons. The van der Waals surface area contributed by atoms with Gasteiger partial charge < -0.3 is 10.3 Å². The molecule has 1 saturated carbocycles.